The Morgan fingerprint density at radius 2 is 2.11 bits per heavy atom. The van der Waals surface area contributed by atoms with Crippen molar-refractivity contribution in [3.8, 4) is 0 Å². The molecule has 1 aliphatic rings. The van der Waals surface area contributed by atoms with Gasteiger partial charge in [-0.2, -0.15) is 0 Å². The number of halogens is 1. The van der Waals surface area contributed by atoms with Crippen molar-refractivity contribution in [2.45, 2.75) is 25.3 Å². The molecular formula is C15H16FNS. The third-order valence-corrected chi connectivity index (χ3v) is 4.86. The van der Waals surface area contributed by atoms with Crippen molar-refractivity contribution in [1.82, 2.24) is 5.32 Å². The number of nitrogens with one attached hydrogen (secondary N) is 1. The van der Waals surface area contributed by atoms with Gasteiger partial charge in [0.15, 0.2) is 0 Å². The Morgan fingerprint density at radius 3 is 2.83 bits per heavy atom. The van der Waals surface area contributed by atoms with Crippen LogP contribution in [0.25, 0.3) is 0 Å². The first-order valence-electron chi connectivity index (χ1n) is 6.33. The maximum Gasteiger partial charge on any atom is 0.128 e. The van der Waals surface area contributed by atoms with Crippen LogP contribution in [0, 0.1) is 5.82 Å². The van der Waals surface area contributed by atoms with Gasteiger partial charge in [-0.15, -0.1) is 11.3 Å². The molecular weight excluding hydrogens is 245 g/mol. The van der Waals surface area contributed by atoms with E-state index in [9.17, 15) is 4.39 Å². The Morgan fingerprint density at radius 1 is 1.28 bits per heavy atom. The highest BCUT2D eigenvalue weighted by Gasteiger charge is 2.22. The molecule has 1 nitrogen and oxygen atoms in total. The van der Waals surface area contributed by atoms with Crippen molar-refractivity contribution in [3.05, 3.63) is 57.0 Å². The topological polar surface area (TPSA) is 12.0 Å². The van der Waals surface area contributed by atoms with Crippen molar-refractivity contribution in [1.29, 1.82) is 0 Å². The number of hydrogen-bond acceptors (Lipinski definition) is 2. The monoisotopic (exact) mass is 261 g/mol. The van der Waals surface area contributed by atoms with E-state index in [-0.39, 0.29) is 11.9 Å². The SMILES string of the molecule is CNC(c1cc2c(s1)CCC2)c1ccccc1F. The van der Waals surface area contributed by atoms with Crippen LogP contribution in [0.5, 0.6) is 0 Å². The molecule has 0 saturated carbocycles. The maximum atomic E-state index is 13.9. The maximum absolute atomic E-state index is 13.9. The summed E-state index contributed by atoms with van der Waals surface area (Å²) in [6.07, 6.45) is 3.64. The summed E-state index contributed by atoms with van der Waals surface area (Å²) in [5, 5.41) is 3.23. The fraction of sp³-hybridized carbons (Fsp3) is 0.333. The van der Waals surface area contributed by atoms with Gasteiger partial charge in [-0.1, -0.05) is 18.2 Å². The predicted molar refractivity (Wildman–Crippen MR) is 73.6 cm³/mol. The highest BCUT2D eigenvalue weighted by atomic mass is 32.1. The lowest BCUT2D eigenvalue weighted by atomic mass is 10.0. The van der Waals surface area contributed by atoms with Crippen LogP contribution in [-0.4, -0.2) is 7.05 Å². The van der Waals surface area contributed by atoms with E-state index in [2.05, 4.69) is 11.4 Å². The van der Waals surface area contributed by atoms with Gasteiger partial charge in [-0.25, -0.2) is 4.39 Å². The second-order valence-corrected chi connectivity index (χ2v) is 5.86. The zero-order chi connectivity index (χ0) is 12.5. The first-order valence-corrected chi connectivity index (χ1v) is 7.14. The van der Waals surface area contributed by atoms with Crippen LogP contribution in [0.4, 0.5) is 4.39 Å². The molecule has 0 spiro atoms. The third kappa shape index (κ3) is 1.98. The normalized spacial score (nSPS) is 15.7. The summed E-state index contributed by atoms with van der Waals surface area (Å²) in [6, 6.07) is 9.24. The van der Waals surface area contributed by atoms with Crippen LogP contribution in [0.3, 0.4) is 0 Å². The highest BCUT2D eigenvalue weighted by Crippen LogP contribution is 2.36. The van der Waals surface area contributed by atoms with Gasteiger partial charge in [-0.3, -0.25) is 0 Å². The average Bonchev–Trinajstić information content (AvgIpc) is 2.93. The Balaban J connectivity index is 1.99. The minimum absolute atomic E-state index is 0.0261. The van der Waals surface area contributed by atoms with Crippen molar-refractivity contribution >= 4 is 11.3 Å². The van der Waals surface area contributed by atoms with E-state index in [0.29, 0.717) is 0 Å². The largest absolute Gasteiger partial charge is 0.309 e. The van der Waals surface area contributed by atoms with Gasteiger partial charge >= 0.3 is 0 Å². The van der Waals surface area contributed by atoms with E-state index < -0.39 is 0 Å². The number of aryl methyl sites for hydroxylation is 2. The number of rotatable bonds is 3. The van der Waals surface area contributed by atoms with Crippen molar-refractivity contribution in [3.63, 3.8) is 0 Å². The molecule has 0 radical (unpaired) electrons. The molecule has 0 fully saturated rings. The molecule has 1 aromatic carbocycles. The summed E-state index contributed by atoms with van der Waals surface area (Å²) in [4.78, 5) is 2.72. The molecule has 3 heteroatoms. The summed E-state index contributed by atoms with van der Waals surface area (Å²) in [6.45, 7) is 0. The molecule has 0 amide bonds. The van der Waals surface area contributed by atoms with Crippen molar-refractivity contribution in [2.75, 3.05) is 7.05 Å². The smallest absolute Gasteiger partial charge is 0.128 e. The summed E-state index contributed by atoms with van der Waals surface area (Å²) in [5.41, 5.74) is 2.20. The third-order valence-electron chi connectivity index (χ3n) is 3.56. The van der Waals surface area contributed by atoms with Crippen LogP contribution in [-0.2, 0) is 12.8 Å². The quantitative estimate of drug-likeness (QED) is 0.888. The average molecular weight is 261 g/mol. The van der Waals surface area contributed by atoms with Gasteiger partial charge in [0, 0.05) is 15.3 Å². The first-order chi connectivity index (χ1) is 8.79. The zero-order valence-electron chi connectivity index (χ0n) is 10.4. The molecule has 2 aromatic rings. The van der Waals surface area contributed by atoms with Crippen molar-refractivity contribution < 1.29 is 4.39 Å². The minimum Gasteiger partial charge on any atom is -0.309 e. The second-order valence-electron chi connectivity index (χ2n) is 4.69. The lowest BCUT2D eigenvalue weighted by Crippen LogP contribution is -2.17. The molecule has 1 N–H and O–H groups in total. The van der Waals surface area contributed by atoms with Gasteiger partial charge in [-0.05, 0) is 44.0 Å². The van der Waals surface area contributed by atoms with Crippen LogP contribution >= 0.6 is 11.3 Å². The van der Waals surface area contributed by atoms with Crippen LogP contribution < -0.4 is 5.32 Å². The van der Waals surface area contributed by atoms with Crippen LogP contribution in [0.2, 0.25) is 0 Å². The molecule has 1 heterocycles. The molecule has 18 heavy (non-hydrogen) atoms. The molecule has 3 rings (SSSR count). The summed E-state index contributed by atoms with van der Waals surface area (Å²) in [5.74, 6) is -0.134. The lowest BCUT2D eigenvalue weighted by molar-refractivity contribution is 0.579. The van der Waals surface area contributed by atoms with E-state index in [1.165, 1.54) is 40.6 Å². The number of fused-ring (bicyclic) bond motifs is 1. The van der Waals surface area contributed by atoms with Crippen LogP contribution in [0.1, 0.15) is 33.3 Å². The standard InChI is InChI=1S/C15H16FNS/c1-17-15(11-6-2-3-7-12(11)16)14-9-10-5-4-8-13(10)18-14/h2-3,6-7,9,15,17H,4-5,8H2,1H3. The summed E-state index contributed by atoms with van der Waals surface area (Å²) >= 11 is 1.83. The van der Waals surface area contributed by atoms with E-state index in [1.807, 2.05) is 30.5 Å². The predicted octanol–water partition coefficient (Wildman–Crippen LogP) is 3.68. The Hall–Kier alpha value is -1.19. The summed E-state index contributed by atoms with van der Waals surface area (Å²) < 4.78 is 13.9. The minimum atomic E-state index is -0.134. The van der Waals surface area contributed by atoms with E-state index >= 15 is 0 Å². The molecule has 0 aliphatic heterocycles. The van der Waals surface area contributed by atoms with Gasteiger partial charge in [0.2, 0.25) is 0 Å². The molecule has 0 bridgehead atoms. The van der Waals surface area contributed by atoms with Gasteiger partial charge in [0.05, 0.1) is 6.04 Å². The molecule has 0 saturated heterocycles. The Labute approximate surface area is 111 Å². The van der Waals surface area contributed by atoms with E-state index in [4.69, 9.17) is 0 Å². The van der Waals surface area contributed by atoms with Crippen LogP contribution in [0.15, 0.2) is 30.3 Å². The molecule has 1 unspecified atom stereocenters. The first kappa shape index (κ1) is 11.9. The fourth-order valence-corrected chi connectivity index (χ4v) is 4.04. The molecule has 1 aliphatic carbocycles. The van der Waals surface area contributed by atoms with E-state index in [0.717, 1.165) is 5.56 Å². The Bertz CT molecular complexity index is 540. The van der Waals surface area contributed by atoms with Gasteiger partial charge < -0.3 is 5.32 Å². The molecule has 94 valence electrons. The van der Waals surface area contributed by atoms with Gasteiger partial charge in [0.1, 0.15) is 5.82 Å². The molecule has 1 atom stereocenters. The van der Waals surface area contributed by atoms with E-state index in [1.54, 1.807) is 6.07 Å². The molecule has 1 aromatic heterocycles. The number of benzene rings is 1. The van der Waals surface area contributed by atoms with Crippen molar-refractivity contribution in [2.24, 2.45) is 0 Å². The lowest BCUT2D eigenvalue weighted by Gasteiger charge is -2.15. The van der Waals surface area contributed by atoms with Gasteiger partial charge in [0.25, 0.3) is 0 Å². The summed E-state index contributed by atoms with van der Waals surface area (Å²) in [7, 11) is 1.89. The number of thiophene rings is 1. The zero-order valence-corrected chi connectivity index (χ0v) is 11.2. The highest BCUT2D eigenvalue weighted by molar-refractivity contribution is 7.12. The number of hydrogen-bond donors (Lipinski definition) is 1. The Kier molecular flexibility index (Phi) is 3.18. The fourth-order valence-electron chi connectivity index (χ4n) is 2.65. The second kappa shape index (κ2) is 4.82.